The molecule has 9 nitrogen and oxygen atoms in total. The molecule has 1 saturated heterocycles. The molecular weight excluding hydrogens is 538 g/mol. The highest BCUT2D eigenvalue weighted by Gasteiger charge is 2.34. The van der Waals surface area contributed by atoms with Gasteiger partial charge in [-0.1, -0.05) is 39.0 Å². The minimum absolute atomic E-state index is 0.206. The predicted molar refractivity (Wildman–Crippen MR) is 165 cm³/mol. The molecule has 3 aromatic rings. The van der Waals surface area contributed by atoms with Gasteiger partial charge in [0.25, 0.3) is 5.91 Å². The molecule has 1 saturated carbocycles. The van der Waals surface area contributed by atoms with Crippen LogP contribution >= 0.6 is 0 Å². The number of amides is 2. The van der Waals surface area contributed by atoms with E-state index in [4.69, 9.17) is 4.74 Å². The summed E-state index contributed by atoms with van der Waals surface area (Å²) in [5.41, 5.74) is 4.55. The van der Waals surface area contributed by atoms with Gasteiger partial charge in [0, 0.05) is 57.3 Å². The maximum atomic E-state index is 13.7. The quantitative estimate of drug-likeness (QED) is 0.410. The third-order valence-electron chi connectivity index (χ3n) is 8.04. The minimum Gasteiger partial charge on any atom is -0.492 e. The lowest BCUT2D eigenvalue weighted by atomic mass is 9.86. The Balaban J connectivity index is 1.39. The normalized spacial score (nSPS) is 17.0. The van der Waals surface area contributed by atoms with Gasteiger partial charge in [-0.2, -0.15) is 0 Å². The Morgan fingerprint density at radius 1 is 1.05 bits per heavy atom. The highest BCUT2D eigenvalue weighted by molar-refractivity contribution is 7.85. The minimum atomic E-state index is -1.31. The molecule has 0 spiro atoms. The number of carbonyl (C=O) groups is 2. The zero-order chi connectivity index (χ0) is 29.5. The van der Waals surface area contributed by atoms with E-state index in [1.54, 1.807) is 6.26 Å². The van der Waals surface area contributed by atoms with Crippen molar-refractivity contribution in [3.05, 3.63) is 53.2 Å². The molecule has 2 amide bonds. The first kappa shape index (κ1) is 29.1. The number of carbonyl (C=O) groups excluding carboxylic acids is 2. The number of hydrogen-bond donors (Lipinski definition) is 2. The van der Waals surface area contributed by atoms with Gasteiger partial charge in [-0.05, 0) is 47.6 Å². The van der Waals surface area contributed by atoms with Crippen molar-refractivity contribution in [3.63, 3.8) is 0 Å². The Morgan fingerprint density at radius 2 is 1.73 bits per heavy atom. The molecule has 2 aliphatic rings. The zero-order valence-electron chi connectivity index (χ0n) is 24.9. The van der Waals surface area contributed by atoms with Crippen LogP contribution in [0.4, 0.5) is 11.4 Å². The highest BCUT2D eigenvalue weighted by atomic mass is 32.2. The Kier molecular flexibility index (Phi) is 8.16. The zero-order valence-corrected chi connectivity index (χ0v) is 25.7. The Morgan fingerprint density at radius 3 is 2.34 bits per heavy atom. The number of piperazine rings is 1. The molecule has 1 aromatic heterocycles. The molecule has 1 aliphatic carbocycles. The van der Waals surface area contributed by atoms with Gasteiger partial charge >= 0.3 is 0 Å². The van der Waals surface area contributed by atoms with Gasteiger partial charge in [-0.15, -0.1) is 0 Å². The molecule has 1 unspecified atom stereocenters. The lowest BCUT2D eigenvalue weighted by molar-refractivity contribution is -0.134. The Labute approximate surface area is 244 Å². The molecule has 0 bridgehead atoms. The van der Waals surface area contributed by atoms with Crippen molar-refractivity contribution >= 4 is 45.1 Å². The topological polar surface area (TPSA) is 95.9 Å². The van der Waals surface area contributed by atoms with Crippen LogP contribution in [0.3, 0.4) is 0 Å². The van der Waals surface area contributed by atoms with Crippen molar-refractivity contribution in [3.8, 4) is 5.75 Å². The number of nitrogens with zero attached hydrogens (tertiary/aromatic N) is 3. The third kappa shape index (κ3) is 6.28. The average Bonchev–Trinajstić information content (AvgIpc) is 3.71. The number of ether oxygens (including phenoxy) is 1. The van der Waals surface area contributed by atoms with Gasteiger partial charge in [-0.25, -0.2) is 4.21 Å². The van der Waals surface area contributed by atoms with E-state index in [0.717, 1.165) is 67.6 Å². The summed E-state index contributed by atoms with van der Waals surface area (Å²) in [4.78, 5) is 30.6. The summed E-state index contributed by atoms with van der Waals surface area (Å²) in [6.45, 7) is 10.2. The summed E-state index contributed by atoms with van der Waals surface area (Å²) in [6, 6.07) is 11.9. The summed E-state index contributed by atoms with van der Waals surface area (Å²) < 4.78 is 22.6. The lowest BCUT2D eigenvalue weighted by Crippen LogP contribution is -2.48. The summed E-state index contributed by atoms with van der Waals surface area (Å²) in [7, 11) is 2.14. The van der Waals surface area contributed by atoms with E-state index in [2.05, 4.69) is 41.8 Å². The van der Waals surface area contributed by atoms with Crippen molar-refractivity contribution in [1.82, 2.24) is 14.4 Å². The van der Waals surface area contributed by atoms with Crippen molar-refractivity contribution in [2.45, 2.75) is 45.6 Å². The number of aryl methyl sites for hydroxylation is 1. The summed E-state index contributed by atoms with van der Waals surface area (Å²) >= 11 is 0. The number of anilines is 2. The third-order valence-corrected chi connectivity index (χ3v) is 8.55. The monoisotopic (exact) mass is 579 g/mol. The number of nitrogens with one attached hydrogen (secondary N) is 2. The van der Waals surface area contributed by atoms with E-state index in [1.807, 2.05) is 46.8 Å². The van der Waals surface area contributed by atoms with Crippen LogP contribution in [0, 0.1) is 5.92 Å². The molecule has 2 aromatic carbocycles. The van der Waals surface area contributed by atoms with Crippen LogP contribution < -0.4 is 14.8 Å². The number of para-hydroxylation sites is 1. The smallest absolute Gasteiger partial charge is 0.272 e. The van der Waals surface area contributed by atoms with Crippen LogP contribution in [0.25, 0.3) is 10.9 Å². The molecule has 2 heterocycles. The molecule has 1 atom stereocenters. The molecule has 5 rings (SSSR count). The average molecular weight is 580 g/mol. The molecule has 2 N–H and O–H groups in total. The van der Waals surface area contributed by atoms with Crippen LogP contribution in [0.1, 0.15) is 55.2 Å². The molecule has 220 valence electrons. The first-order valence-corrected chi connectivity index (χ1v) is 15.7. The summed E-state index contributed by atoms with van der Waals surface area (Å²) in [5, 5.41) is 4.06. The molecule has 10 heteroatoms. The van der Waals surface area contributed by atoms with Gasteiger partial charge in [0.05, 0.1) is 24.0 Å². The van der Waals surface area contributed by atoms with Gasteiger partial charge < -0.3 is 24.2 Å². The van der Waals surface area contributed by atoms with Crippen LogP contribution in [0.15, 0.2) is 36.4 Å². The van der Waals surface area contributed by atoms with Gasteiger partial charge in [0.2, 0.25) is 5.91 Å². The van der Waals surface area contributed by atoms with Gasteiger partial charge in [0.1, 0.15) is 16.7 Å². The fraction of sp³-hybridized carbons (Fsp3) is 0.484. The van der Waals surface area contributed by atoms with Crippen LogP contribution in [-0.2, 0) is 34.8 Å². The molecular formula is C31H41N5O4S. The first-order valence-electron chi connectivity index (χ1n) is 14.2. The van der Waals surface area contributed by atoms with Crippen LogP contribution in [0.2, 0.25) is 0 Å². The van der Waals surface area contributed by atoms with E-state index >= 15 is 0 Å². The van der Waals surface area contributed by atoms with E-state index in [0.29, 0.717) is 28.7 Å². The van der Waals surface area contributed by atoms with Crippen LogP contribution in [0.5, 0.6) is 5.75 Å². The lowest BCUT2D eigenvalue weighted by Gasteiger charge is -2.35. The molecule has 2 fully saturated rings. The second-order valence-electron chi connectivity index (χ2n) is 12.2. The number of methoxy groups -OCH3 is 1. The fourth-order valence-corrected chi connectivity index (χ4v) is 6.06. The Hall–Kier alpha value is -3.37. The molecule has 1 aliphatic heterocycles. The van der Waals surface area contributed by atoms with E-state index in [9.17, 15) is 13.8 Å². The van der Waals surface area contributed by atoms with Crippen LogP contribution in [-0.4, -0.2) is 69.9 Å². The van der Waals surface area contributed by atoms with Gasteiger partial charge in [-0.3, -0.25) is 14.5 Å². The molecule has 0 radical (unpaired) electrons. The second kappa shape index (κ2) is 11.5. The standard InChI is InChI=1S/C31H41N5O4S/c1-31(2,3)23-17-24(28(40-5)25(18-23)33-41(6)39)32-29(37)26-16-21-8-7-9-22(27(21)34(26)4)19-35-12-14-36(15-13-35)30(38)20-10-11-20/h7-9,16-18,20,33H,10-15,19H2,1-6H3,(H,32,37). The molecule has 41 heavy (non-hydrogen) atoms. The number of benzene rings is 2. The number of fused-ring (bicyclic) bond motifs is 1. The van der Waals surface area contributed by atoms with Crippen molar-refractivity contribution in [1.29, 1.82) is 0 Å². The predicted octanol–water partition coefficient (Wildman–Crippen LogP) is 4.50. The first-order chi connectivity index (χ1) is 19.5. The number of hydrogen-bond acceptors (Lipinski definition) is 5. The fourth-order valence-electron chi connectivity index (χ4n) is 5.59. The summed E-state index contributed by atoms with van der Waals surface area (Å²) in [5.74, 6) is 0.757. The van der Waals surface area contributed by atoms with Crippen molar-refractivity contribution < 1.29 is 18.5 Å². The van der Waals surface area contributed by atoms with Crippen molar-refractivity contribution in [2.75, 3.05) is 49.6 Å². The van der Waals surface area contributed by atoms with Crippen molar-refractivity contribution in [2.24, 2.45) is 13.0 Å². The second-order valence-corrected chi connectivity index (χ2v) is 13.3. The largest absolute Gasteiger partial charge is 0.492 e. The van der Waals surface area contributed by atoms with E-state index in [1.165, 1.54) is 7.11 Å². The highest BCUT2D eigenvalue weighted by Crippen LogP contribution is 2.39. The van der Waals surface area contributed by atoms with E-state index < -0.39 is 11.0 Å². The SMILES string of the molecule is COc1c(NC(=O)c2cc3cccc(CN4CCN(C(=O)C5CC5)CC4)c3n2C)cc(C(C)(C)C)cc1NS(C)=O. The number of rotatable bonds is 8. The summed E-state index contributed by atoms with van der Waals surface area (Å²) in [6.07, 6.45) is 3.64. The Bertz CT molecular complexity index is 1500. The maximum absolute atomic E-state index is 13.7. The van der Waals surface area contributed by atoms with Gasteiger partial charge in [0.15, 0.2) is 5.75 Å². The maximum Gasteiger partial charge on any atom is 0.272 e. The number of aromatic nitrogens is 1. The van der Waals surface area contributed by atoms with E-state index in [-0.39, 0.29) is 17.2 Å².